The zero-order valence-electron chi connectivity index (χ0n) is 14.6. The van der Waals surface area contributed by atoms with Crippen molar-refractivity contribution >= 4 is 5.91 Å². The molecule has 26 heavy (non-hydrogen) atoms. The molecule has 7 nitrogen and oxygen atoms in total. The van der Waals surface area contributed by atoms with E-state index in [-0.39, 0.29) is 29.9 Å². The highest BCUT2D eigenvalue weighted by atomic mass is 19.1. The average Bonchev–Trinajstić information content (AvgIpc) is 3.26. The molecule has 0 unspecified atom stereocenters. The number of ether oxygens (including phenoxy) is 1. The first-order valence-corrected chi connectivity index (χ1v) is 8.07. The van der Waals surface area contributed by atoms with Crippen LogP contribution in [0.25, 0.3) is 0 Å². The van der Waals surface area contributed by atoms with E-state index in [2.05, 4.69) is 10.1 Å². The number of likely N-dealkylation sites (N-methyl/N-ethyl adjacent to an activating group) is 1. The van der Waals surface area contributed by atoms with Gasteiger partial charge < -0.3 is 14.1 Å². The fraction of sp³-hybridized carbons (Fsp3) is 0.278. The van der Waals surface area contributed by atoms with Crippen LogP contribution in [0, 0.1) is 5.82 Å². The molecule has 0 aliphatic heterocycles. The predicted octanol–water partition coefficient (Wildman–Crippen LogP) is 2.44. The number of carbonyl (C=O) groups excluding carboxylic acids is 1. The van der Waals surface area contributed by atoms with E-state index in [0.717, 1.165) is 5.56 Å². The van der Waals surface area contributed by atoms with Crippen LogP contribution in [-0.4, -0.2) is 39.2 Å². The average molecular weight is 358 g/mol. The van der Waals surface area contributed by atoms with Crippen LogP contribution >= 0.6 is 0 Å². The minimum atomic E-state index is -0.388. The van der Waals surface area contributed by atoms with E-state index in [1.54, 1.807) is 35.0 Å². The third-order valence-corrected chi connectivity index (χ3v) is 3.77. The van der Waals surface area contributed by atoms with Gasteiger partial charge in [-0.15, -0.1) is 0 Å². The van der Waals surface area contributed by atoms with E-state index in [1.807, 2.05) is 13.2 Å². The van der Waals surface area contributed by atoms with E-state index in [1.165, 1.54) is 18.4 Å². The van der Waals surface area contributed by atoms with Crippen LogP contribution in [0.4, 0.5) is 4.39 Å². The third kappa shape index (κ3) is 4.47. The number of oxazole rings is 1. The summed E-state index contributed by atoms with van der Waals surface area (Å²) in [4.78, 5) is 18.1. The van der Waals surface area contributed by atoms with Gasteiger partial charge in [0.2, 0.25) is 5.89 Å². The molecule has 8 heteroatoms. The molecule has 0 aliphatic rings. The minimum absolute atomic E-state index is 0.0101. The van der Waals surface area contributed by atoms with Gasteiger partial charge in [0, 0.05) is 32.9 Å². The zero-order valence-corrected chi connectivity index (χ0v) is 14.6. The van der Waals surface area contributed by atoms with Crippen LogP contribution < -0.4 is 4.74 Å². The molecule has 0 spiro atoms. The monoisotopic (exact) mass is 358 g/mol. The summed E-state index contributed by atoms with van der Waals surface area (Å²) < 4.78 is 25.5. The first-order valence-electron chi connectivity index (χ1n) is 8.07. The molecule has 0 radical (unpaired) electrons. The van der Waals surface area contributed by atoms with Crippen LogP contribution in [-0.2, 0) is 20.1 Å². The van der Waals surface area contributed by atoms with Gasteiger partial charge >= 0.3 is 0 Å². The molecule has 0 N–H and O–H groups in total. The number of benzene rings is 1. The fourth-order valence-electron chi connectivity index (χ4n) is 2.37. The number of halogens is 1. The van der Waals surface area contributed by atoms with E-state index in [9.17, 15) is 9.18 Å². The van der Waals surface area contributed by atoms with Crippen molar-refractivity contribution in [2.24, 2.45) is 7.05 Å². The van der Waals surface area contributed by atoms with Crippen molar-refractivity contribution in [3.05, 3.63) is 65.9 Å². The number of rotatable bonds is 7. The molecule has 0 saturated carbocycles. The topological polar surface area (TPSA) is 73.4 Å². The summed E-state index contributed by atoms with van der Waals surface area (Å²) in [7, 11) is 3.55. The van der Waals surface area contributed by atoms with Crippen LogP contribution in [0.1, 0.15) is 21.9 Å². The Hall–Kier alpha value is -3.16. The van der Waals surface area contributed by atoms with Gasteiger partial charge in [-0.25, -0.2) is 9.37 Å². The molecular formula is C18H19FN4O3. The Morgan fingerprint density at radius 2 is 2.27 bits per heavy atom. The van der Waals surface area contributed by atoms with Gasteiger partial charge in [-0.3, -0.25) is 9.48 Å². The summed E-state index contributed by atoms with van der Waals surface area (Å²) in [5.74, 6) is -0.0152. The van der Waals surface area contributed by atoms with E-state index in [4.69, 9.17) is 9.15 Å². The number of hydrogen-bond acceptors (Lipinski definition) is 5. The molecule has 1 amide bonds. The first-order chi connectivity index (χ1) is 12.5. The van der Waals surface area contributed by atoms with Crippen LogP contribution in [0.3, 0.4) is 0 Å². The van der Waals surface area contributed by atoms with E-state index < -0.39 is 0 Å². The second-order valence-electron chi connectivity index (χ2n) is 5.87. The number of carbonyl (C=O) groups is 1. The lowest BCUT2D eigenvalue weighted by atomic mass is 10.2. The highest BCUT2D eigenvalue weighted by Gasteiger charge is 2.17. The summed E-state index contributed by atoms with van der Waals surface area (Å²) >= 11 is 0. The van der Waals surface area contributed by atoms with Crippen molar-refractivity contribution in [2.75, 3.05) is 13.6 Å². The van der Waals surface area contributed by atoms with E-state index >= 15 is 0 Å². The Balaban J connectivity index is 1.53. The molecule has 0 bridgehead atoms. The SMILES string of the molecule is CN(CCc1cnn(C)c1)C(=O)c1coc(COc2cccc(F)c2)n1. The number of amides is 1. The molecule has 0 saturated heterocycles. The number of aryl methyl sites for hydroxylation is 1. The normalized spacial score (nSPS) is 10.7. The van der Waals surface area contributed by atoms with Gasteiger partial charge in [-0.1, -0.05) is 6.07 Å². The Morgan fingerprint density at radius 3 is 3.00 bits per heavy atom. The molecule has 0 aliphatic carbocycles. The standard InChI is InChI=1S/C18H19FN4O3/c1-22(7-6-13-9-20-23(2)10-13)18(24)16-11-26-17(21-16)12-25-15-5-3-4-14(19)8-15/h3-5,8-11H,6-7,12H2,1-2H3. The minimum Gasteiger partial charge on any atom is -0.484 e. The predicted molar refractivity (Wildman–Crippen MR) is 91.1 cm³/mol. The van der Waals surface area contributed by atoms with E-state index in [0.29, 0.717) is 18.7 Å². The molecule has 0 atom stereocenters. The largest absolute Gasteiger partial charge is 0.484 e. The Kier molecular flexibility index (Phi) is 5.31. The van der Waals surface area contributed by atoms with Gasteiger partial charge in [0.1, 0.15) is 17.8 Å². The van der Waals surface area contributed by atoms with Crippen LogP contribution in [0.5, 0.6) is 5.75 Å². The highest BCUT2D eigenvalue weighted by molar-refractivity contribution is 5.91. The third-order valence-electron chi connectivity index (χ3n) is 3.77. The summed E-state index contributed by atoms with van der Waals surface area (Å²) in [6.07, 6.45) is 5.68. The zero-order chi connectivity index (χ0) is 18.5. The molecule has 3 aromatic rings. The number of aromatic nitrogens is 3. The van der Waals surface area contributed by atoms with Gasteiger partial charge in [0.05, 0.1) is 6.20 Å². The van der Waals surface area contributed by atoms with Crippen molar-refractivity contribution in [3.63, 3.8) is 0 Å². The van der Waals surface area contributed by atoms with Crippen molar-refractivity contribution in [1.82, 2.24) is 19.7 Å². The maximum atomic E-state index is 13.1. The van der Waals surface area contributed by atoms with Gasteiger partial charge in [0.15, 0.2) is 12.3 Å². The second-order valence-corrected chi connectivity index (χ2v) is 5.87. The molecule has 2 aromatic heterocycles. The quantitative estimate of drug-likeness (QED) is 0.649. The number of hydrogen-bond donors (Lipinski definition) is 0. The highest BCUT2D eigenvalue weighted by Crippen LogP contribution is 2.14. The lowest BCUT2D eigenvalue weighted by Crippen LogP contribution is -2.29. The smallest absolute Gasteiger partial charge is 0.275 e. The number of nitrogens with zero attached hydrogens (tertiary/aromatic N) is 4. The lowest BCUT2D eigenvalue weighted by Gasteiger charge is -2.14. The summed E-state index contributed by atoms with van der Waals surface area (Å²) in [5, 5.41) is 4.10. The maximum Gasteiger partial charge on any atom is 0.275 e. The fourth-order valence-corrected chi connectivity index (χ4v) is 2.37. The van der Waals surface area contributed by atoms with Crippen LogP contribution in [0.15, 0.2) is 47.3 Å². The summed E-state index contributed by atoms with van der Waals surface area (Å²) in [6, 6.07) is 5.77. The van der Waals surface area contributed by atoms with Gasteiger partial charge in [-0.2, -0.15) is 5.10 Å². The van der Waals surface area contributed by atoms with Crippen LogP contribution in [0.2, 0.25) is 0 Å². The maximum absolute atomic E-state index is 13.1. The Bertz CT molecular complexity index is 890. The summed E-state index contributed by atoms with van der Waals surface area (Å²) in [6.45, 7) is 0.544. The van der Waals surface area contributed by atoms with Crippen molar-refractivity contribution in [2.45, 2.75) is 13.0 Å². The Labute approximate surface area is 150 Å². The van der Waals surface area contributed by atoms with Gasteiger partial charge in [0.25, 0.3) is 5.91 Å². The van der Waals surface area contributed by atoms with Gasteiger partial charge in [-0.05, 0) is 24.1 Å². The molecule has 3 rings (SSSR count). The second kappa shape index (κ2) is 7.81. The molecule has 1 aromatic carbocycles. The van der Waals surface area contributed by atoms with Crippen molar-refractivity contribution in [1.29, 1.82) is 0 Å². The molecule has 0 fully saturated rings. The molecule has 136 valence electrons. The first kappa shape index (κ1) is 17.7. The van der Waals surface area contributed by atoms with Crippen molar-refractivity contribution < 1.29 is 18.3 Å². The summed E-state index contributed by atoms with van der Waals surface area (Å²) in [5.41, 5.74) is 1.26. The molecule has 2 heterocycles. The van der Waals surface area contributed by atoms with Crippen molar-refractivity contribution in [3.8, 4) is 5.75 Å². The lowest BCUT2D eigenvalue weighted by molar-refractivity contribution is 0.0790. The Morgan fingerprint density at radius 1 is 1.42 bits per heavy atom. The molecular weight excluding hydrogens is 339 g/mol.